The highest BCUT2D eigenvalue weighted by Gasteiger charge is 1.95. The summed E-state index contributed by atoms with van der Waals surface area (Å²) in [5.41, 5.74) is 7.29. The molecule has 4 nitrogen and oxygen atoms in total. The van der Waals surface area contributed by atoms with E-state index < -0.39 is 0 Å². The van der Waals surface area contributed by atoms with E-state index in [1.807, 2.05) is 12.1 Å². The molecule has 0 heterocycles. The summed E-state index contributed by atoms with van der Waals surface area (Å²) in [5.74, 6) is 0.394. The van der Waals surface area contributed by atoms with Gasteiger partial charge in [-0.1, -0.05) is 12.1 Å². The molecule has 4 heteroatoms. The molecule has 0 saturated heterocycles. The molecule has 0 aliphatic carbocycles. The molecular weight excluding hydrogens is 204 g/mol. The number of phenols is 2. The van der Waals surface area contributed by atoms with Crippen LogP contribution in [0.1, 0.15) is 0 Å². The van der Waals surface area contributed by atoms with Gasteiger partial charge < -0.3 is 21.1 Å². The molecule has 0 amide bonds. The molecule has 0 radical (unpaired) electrons. The maximum atomic E-state index is 9.25. The van der Waals surface area contributed by atoms with Gasteiger partial charge in [-0.25, -0.2) is 0 Å². The molecule has 2 aromatic carbocycles. The summed E-state index contributed by atoms with van der Waals surface area (Å²) in [6.45, 7) is 0. The van der Waals surface area contributed by atoms with Crippen molar-refractivity contribution in [3.8, 4) is 11.5 Å². The van der Waals surface area contributed by atoms with E-state index in [4.69, 9.17) is 0 Å². The van der Waals surface area contributed by atoms with Crippen molar-refractivity contribution in [3.63, 3.8) is 0 Å². The van der Waals surface area contributed by atoms with Crippen LogP contribution in [-0.2, 0) is 0 Å². The Hall–Kier alpha value is -2.36. The maximum Gasteiger partial charge on any atom is 0.117 e. The van der Waals surface area contributed by atoms with Gasteiger partial charge in [0, 0.05) is 12.1 Å². The first-order chi connectivity index (χ1) is 7.74. The van der Waals surface area contributed by atoms with Crippen molar-refractivity contribution >= 4 is 11.4 Å². The predicted octanol–water partition coefficient (Wildman–Crippen LogP) is 2.54. The van der Waals surface area contributed by atoms with Crippen LogP contribution in [0.5, 0.6) is 11.5 Å². The molecule has 0 aliphatic rings. The van der Waals surface area contributed by atoms with Gasteiger partial charge in [-0.3, -0.25) is 0 Å². The minimum absolute atomic E-state index is 0.197. The summed E-state index contributed by atoms with van der Waals surface area (Å²) in [5, 5.41) is 18.5. The van der Waals surface area contributed by atoms with E-state index in [9.17, 15) is 10.2 Å². The third-order valence-electron chi connectivity index (χ3n) is 2.04. The topological polar surface area (TPSA) is 64.5 Å². The van der Waals surface area contributed by atoms with Crippen LogP contribution in [-0.4, -0.2) is 10.2 Å². The van der Waals surface area contributed by atoms with Gasteiger partial charge in [0.15, 0.2) is 0 Å². The van der Waals surface area contributed by atoms with Crippen molar-refractivity contribution in [3.05, 3.63) is 48.5 Å². The van der Waals surface area contributed by atoms with Crippen molar-refractivity contribution in [2.45, 2.75) is 0 Å². The molecule has 4 N–H and O–H groups in total. The number of hydrogen-bond donors (Lipinski definition) is 4. The monoisotopic (exact) mass is 216 g/mol. The molecule has 0 aromatic heterocycles. The molecule has 0 bridgehead atoms. The third kappa shape index (κ3) is 2.57. The van der Waals surface area contributed by atoms with Gasteiger partial charge >= 0.3 is 0 Å². The second-order valence-electron chi connectivity index (χ2n) is 3.35. The highest BCUT2D eigenvalue weighted by molar-refractivity contribution is 5.55. The number of rotatable bonds is 3. The van der Waals surface area contributed by atoms with Gasteiger partial charge in [0.2, 0.25) is 0 Å². The van der Waals surface area contributed by atoms with Crippen LogP contribution in [0, 0.1) is 0 Å². The van der Waals surface area contributed by atoms with Crippen LogP contribution in [0.2, 0.25) is 0 Å². The van der Waals surface area contributed by atoms with Crippen molar-refractivity contribution in [2.75, 3.05) is 10.9 Å². The Balaban J connectivity index is 2.02. The molecule has 2 rings (SSSR count). The van der Waals surface area contributed by atoms with Crippen LogP contribution in [0.25, 0.3) is 0 Å². The summed E-state index contributed by atoms with van der Waals surface area (Å²) in [4.78, 5) is 0. The van der Waals surface area contributed by atoms with Gasteiger partial charge in [0.1, 0.15) is 11.5 Å². The van der Waals surface area contributed by atoms with Crippen molar-refractivity contribution < 1.29 is 10.2 Å². The molecular formula is C12H12N2O2. The highest BCUT2D eigenvalue weighted by Crippen LogP contribution is 2.18. The van der Waals surface area contributed by atoms with Crippen molar-refractivity contribution in [1.82, 2.24) is 0 Å². The summed E-state index contributed by atoms with van der Waals surface area (Å²) in [7, 11) is 0. The summed E-state index contributed by atoms with van der Waals surface area (Å²) in [6, 6.07) is 13.5. The van der Waals surface area contributed by atoms with Gasteiger partial charge in [0.05, 0.1) is 11.4 Å². The lowest BCUT2D eigenvalue weighted by atomic mass is 10.3. The highest BCUT2D eigenvalue weighted by atomic mass is 16.3. The Bertz CT molecular complexity index is 440. The molecule has 0 fully saturated rings. The number of hydrazine groups is 1. The quantitative estimate of drug-likeness (QED) is 0.595. The number of benzene rings is 2. The van der Waals surface area contributed by atoms with Crippen molar-refractivity contribution in [1.29, 1.82) is 0 Å². The van der Waals surface area contributed by atoms with E-state index in [1.54, 1.807) is 36.4 Å². The number of nitrogens with one attached hydrogen (secondary N) is 2. The number of hydrogen-bond acceptors (Lipinski definition) is 4. The zero-order valence-corrected chi connectivity index (χ0v) is 8.51. The second-order valence-corrected chi connectivity index (χ2v) is 3.35. The Morgan fingerprint density at radius 1 is 0.688 bits per heavy atom. The Labute approximate surface area is 93.1 Å². The van der Waals surface area contributed by atoms with Crippen LogP contribution >= 0.6 is 0 Å². The smallest absolute Gasteiger partial charge is 0.117 e. The summed E-state index contributed by atoms with van der Waals surface area (Å²) >= 11 is 0. The molecule has 0 aliphatic heterocycles. The zero-order chi connectivity index (χ0) is 11.4. The minimum Gasteiger partial charge on any atom is -0.508 e. The van der Waals surface area contributed by atoms with Crippen LogP contribution in [0.3, 0.4) is 0 Å². The van der Waals surface area contributed by atoms with Crippen LogP contribution < -0.4 is 10.9 Å². The molecule has 0 saturated carbocycles. The second kappa shape index (κ2) is 4.44. The Morgan fingerprint density at radius 2 is 1.12 bits per heavy atom. The average Bonchev–Trinajstić information content (AvgIpc) is 2.27. The van der Waals surface area contributed by atoms with Gasteiger partial charge in [0.25, 0.3) is 0 Å². The molecule has 82 valence electrons. The summed E-state index contributed by atoms with van der Waals surface area (Å²) < 4.78 is 0. The zero-order valence-electron chi connectivity index (χ0n) is 8.51. The fourth-order valence-electron chi connectivity index (χ4n) is 1.31. The molecule has 2 aromatic rings. The van der Waals surface area contributed by atoms with E-state index in [1.165, 1.54) is 0 Å². The number of aromatic hydroxyl groups is 2. The lowest BCUT2D eigenvalue weighted by Crippen LogP contribution is -2.07. The SMILES string of the molecule is Oc1cccc(NNc2cccc(O)c2)c1. The molecule has 0 spiro atoms. The van der Waals surface area contributed by atoms with E-state index in [2.05, 4.69) is 10.9 Å². The van der Waals surface area contributed by atoms with E-state index in [0.29, 0.717) is 0 Å². The third-order valence-corrected chi connectivity index (χ3v) is 2.04. The first-order valence-electron chi connectivity index (χ1n) is 4.84. The van der Waals surface area contributed by atoms with Gasteiger partial charge in [-0.05, 0) is 24.3 Å². The Morgan fingerprint density at radius 3 is 1.50 bits per heavy atom. The molecule has 0 unspecified atom stereocenters. The predicted molar refractivity (Wildman–Crippen MR) is 63.5 cm³/mol. The van der Waals surface area contributed by atoms with Crippen LogP contribution in [0.15, 0.2) is 48.5 Å². The van der Waals surface area contributed by atoms with E-state index in [-0.39, 0.29) is 11.5 Å². The fourth-order valence-corrected chi connectivity index (χ4v) is 1.31. The van der Waals surface area contributed by atoms with E-state index in [0.717, 1.165) is 11.4 Å². The lowest BCUT2D eigenvalue weighted by Gasteiger charge is -2.09. The molecule has 16 heavy (non-hydrogen) atoms. The standard InChI is InChI=1S/C12H12N2O2/c15-11-5-1-3-9(7-11)13-14-10-4-2-6-12(16)8-10/h1-8,13-16H. The number of phenolic OH excluding ortho intramolecular Hbond substituents is 2. The largest absolute Gasteiger partial charge is 0.508 e. The maximum absolute atomic E-state index is 9.25. The Kier molecular flexibility index (Phi) is 2.82. The van der Waals surface area contributed by atoms with Crippen molar-refractivity contribution in [2.24, 2.45) is 0 Å². The van der Waals surface area contributed by atoms with Gasteiger partial charge in [-0.15, -0.1) is 0 Å². The first kappa shape index (κ1) is 10.2. The van der Waals surface area contributed by atoms with Gasteiger partial charge in [-0.2, -0.15) is 0 Å². The van der Waals surface area contributed by atoms with E-state index >= 15 is 0 Å². The number of anilines is 2. The molecule has 0 atom stereocenters. The normalized spacial score (nSPS) is 9.75. The first-order valence-corrected chi connectivity index (χ1v) is 4.84. The fraction of sp³-hybridized carbons (Fsp3) is 0. The lowest BCUT2D eigenvalue weighted by molar-refractivity contribution is 0.475. The van der Waals surface area contributed by atoms with Crippen LogP contribution in [0.4, 0.5) is 11.4 Å². The minimum atomic E-state index is 0.197. The average molecular weight is 216 g/mol. The summed E-state index contributed by atoms with van der Waals surface area (Å²) in [6.07, 6.45) is 0.